The molecule has 1 saturated heterocycles. The van der Waals surface area contributed by atoms with Crippen LogP contribution in [0.4, 0.5) is 15.4 Å². The summed E-state index contributed by atoms with van der Waals surface area (Å²) in [6.07, 6.45) is 0. The van der Waals surface area contributed by atoms with E-state index in [2.05, 4.69) is 26.3 Å². The van der Waals surface area contributed by atoms with Crippen LogP contribution in [0.3, 0.4) is 0 Å². The van der Waals surface area contributed by atoms with Gasteiger partial charge in [-0.3, -0.25) is 20.2 Å². The van der Waals surface area contributed by atoms with Crippen molar-refractivity contribution in [2.45, 2.75) is 19.5 Å². The molecular weight excluding hydrogens is 456 g/mol. The van der Waals surface area contributed by atoms with Crippen molar-refractivity contribution in [2.75, 3.05) is 26.0 Å². The fourth-order valence-electron chi connectivity index (χ4n) is 3.65. The second-order valence-corrected chi connectivity index (χ2v) is 7.79. The topological polar surface area (TPSA) is 155 Å². The number of furan rings is 1. The van der Waals surface area contributed by atoms with Crippen LogP contribution in [-0.4, -0.2) is 54.5 Å². The first-order valence-corrected chi connectivity index (χ1v) is 10.8. The molecule has 0 saturated carbocycles. The van der Waals surface area contributed by atoms with Gasteiger partial charge in [-0.15, -0.1) is 0 Å². The van der Waals surface area contributed by atoms with E-state index >= 15 is 0 Å². The van der Waals surface area contributed by atoms with Crippen LogP contribution in [0.1, 0.15) is 34.6 Å². The maximum atomic E-state index is 11.6. The summed E-state index contributed by atoms with van der Waals surface area (Å²) in [6, 6.07) is 8.57. The maximum absolute atomic E-state index is 11.6. The van der Waals surface area contributed by atoms with Crippen LogP contribution in [0.15, 0.2) is 40.8 Å². The van der Waals surface area contributed by atoms with Crippen molar-refractivity contribution in [3.63, 3.8) is 0 Å². The van der Waals surface area contributed by atoms with Gasteiger partial charge in [0.05, 0.1) is 7.11 Å². The Morgan fingerprint density at radius 3 is 2.71 bits per heavy atom. The molecule has 1 unspecified atom stereocenters. The number of carbonyl (C=O) groups excluding carboxylic acids is 4. The minimum absolute atomic E-state index is 0.0777. The molecule has 2 aliphatic heterocycles. The van der Waals surface area contributed by atoms with Crippen molar-refractivity contribution in [1.82, 2.24) is 25.8 Å². The molecule has 6 amide bonds. The Morgan fingerprint density at radius 1 is 1.23 bits per heavy atom. The molecule has 0 aliphatic carbocycles. The van der Waals surface area contributed by atoms with Gasteiger partial charge in [-0.05, 0) is 36.8 Å². The Hall–Kier alpha value is -4.61. The number of hydrogen-bond donors (Lipinski definition) is 4. The lowest BCUT2D eigenvalue weighted by molar-refractivity contribution is -0.120. The number of nitrogens with one attached hydrogen (secondary N) is 4. The number of methoxy groups -OCH3 is 1. The zero-order valence-electron chi connectivity index (χ0n) is 19.3. The molecule has 12 heteroatoms. The number of fused-ring (bicyclic) bond motifs is 2. The van der Waals surface area contributed by atoms with Crippen molar-refractivity contribution >= 4 is 40.8 Å². The summed E-state index contributed by atoms with van der Waals surface area (Å²) in [5, 5.41) is 9.74. The quantitative estimate of drug-likeness (QED) is 0.417. The molecule has 2 aliphatic rings. The fourth-order valence-corrected chi connectivity index (χ4v) is 3.65. The molecule has 182 valence electrons. The number of hydrogen-bond acceptors (Lipinski definition) is 7. The van der Waals surface area contributed by atoms with E-state index in [1.54, 1.807) is 50.2 Å². The smallest absolute Gasteiger partial charge is 0.322 e. The van der Waals surface area contributed by atoms with Gasteiger partial charge in [0.2, 0.25) is 0 Å². The first-order valence-electron chi connectivity index (χ1n) is 10.8. The molecule has 4 heterocycles. The molecule has 1 aromatic carbocycles. The van der Waals surface area contributed by atoms with Crippen LogP contribution in [0, 0.1) is 0 Å². The van der Waals surface area contributed by atoms with Gasteiger partial charge in [0, 0.05) is 31.8 Å². The number of benzene rings is 1. The first kappa shape index (κ1) is 23.5. The van der Waals surface area contributed by atoms with Gasteiger partial charge < -0.3 is 24.7 Å². The lowest BCUT2D eigenvalue weighted by atomic mass is 10.1. The van der Waals surface area contributed by atoms with Gasteiger partial charge in [-0.1, -0.05) is 6.07 Å². The fraction of sp³-hybridized carbons (Fsp3) is 0.261. The number of rotatable bonds is 4. The van der Waals surface area contributed by atoms with Gasteiger partial charge >= 0.3 is 12.1 Å². The van der Waals surface area contributed by atoms with Crippen molar-refractivity contribution in [1.29, 1.82) is 0 Å². The second kappa shape index (κ2) is 9.71. The maximum Gasteiger partial charge on any atom is 0.322 e. The molecule has 0 spiro atoms. The third kappa shape index (κ3) is 5.00. The summed E-state index contributed by atoms with van der Waals surface area (Å²) in [7, 11) is 3.40. The monoisotopic (exact) mass is 480 g/mol. The number of nitrogens with zero attached hydrogens (tertiary/aromatic N) is 2. The zero-order chi connectivity index (χ0) is 25.1. The molecule has 1 atom stereocenters. The summed E-state index contributed by atoms with van der Waals surface area (Å²) >= 11 is 0. The molecule has 12 nitrogen and oxygen atoms in total. The Morgan fingerprint density at radius 2 is 2.03 bits per heavy atom. The Balaban J connectivity index is 0.000000189. The van der Waals surface area contributed by atoms with Gasteiger partial charge in [0.1, 0.15) is 22.8 Å². The third-order valence-electron chi connectivity index (χ3n) is 5.33. The number of aromatic nitrogens is 1. The van der Waals surface area contributed by atoms with Crippen molar-refractivity contribution in [2.24, 2.45) is 0 Å². The van der Waals surface area contributed by atoms with Gasteiger partial charge in [0.15, 0.2) is 11.6 Å². The van der Waals surface area contributed by atoms with Crippen LogP contribution >= 0.6 is 0 Å². The summed E-state index contributed by atoms with van der Waals surface area (Å²) in [4.78, 5) is 51.7. The summed E-state index contributed by atoms with van der Waals surface area (Å²) in [5.74, 6) is 0.966. The van der Waals surface area contributed by atoms with Gasteiger partial charge in [-0.2, -0.15) is 0 Å². The first-order chi connectivity index (χ1) is 16.8. The highest BCUT2D eigenvalue weighted by Gasteiger charge is 2.33. The molecule has 0 radical (unpaired) electrons. The number of imide groups is 1. The summed E-state index contributed by atoms with van der Waals surface area (Å²) < 4.78 is 10.6. The molecule has 0 bridgehead atoms. The molecule has 2 aromatic heterocycles. The minimum atomic E-state index is -0.874. The van der Waals surface area contributed by atoms with E-state index in [0.29, 0.717) is 30.0 Å². The number of anilines is 1. The van der Waals surface area contributed by atoms with E-state index in [1.807, 2.05) is 12.1 Å². The lowest BCUT2D eigenvalue weighted by Gasteiger charge is -2.04. The van der Waals surface area contributed by atoms with E-state index < -0.39 is 18.0 Å². The van der Waals surface area contributed by atoms with E-state index in [9.17, 15) is 19.2 Å². The van der Waals surface area contributed by atoms with Crippen molar-refractivity contribution in [3.05, 3.63) is 53.3 Å². The molecule has 4 N–H and O–H groups in total. The Bertz CT molecular complexity index is 1320. The molecule has 1 fully saturated rings. The molecule has 3 aromatic rings. The number of urea groups is 2. The summed E-state index contributed by atoms with van der Waals surface area (Å²) in [5.41, 5.74) is 2.76. The Kier molecular flexibility index (Phi) is 6.53. The van der Waals surface area contributed by atoms with Crippen molar-refractivity contribution < 1.29 is 28.3 Å². The molecular formula is C23H24N6O6. The van der Waals surface area contributed by atoms with Crippen LogP contribution in [0.2, 0.25) is 0 Å². The van der Waals surface area contributed by atoms with Crippen LogP contribution in [-0.2, 0) is 11.3 Å². The molecule has 35 heavy (non-hydrogen) atoms. The third-order valence-corrected chi connectivity index (χ3v) is 5.33. The zero-order valence-corrected chi connectivity index (χ0v) is 19.3. The molecule has 5 rings (SSSR count). The van der Waals surface area contributed by atoms with Crippen LogP contribution < -0.4 is 26.0 Å². The van der Waals surface area contributed by atoms with Gasteiger partial charge in [0.25, 0.3) is 11.8 Å². The van der Waals surface area contributed by atoms with E-state index in [1.165, 1.54) is 0 Å². The average molecular weight is 480 g/mol. The number of carbonyl (C=O) groups is 4. The minimum Gasteiger partial charge on any atom is -0.497 e. The number of amides is 6. The predicted octanol–water partition coefficient (Wildman–Crippen LogP) is 2.13. The Labute approximate surface area is 200 Å². The number of pyridine rings is 1. The number of ether oxygens (including phenoxy) is 1. The standard InChI is InChI=1S/C13H13N5O4.C10H11NO2/c1-2-14-12(20)16-9-4-3-7-6(15-9)5-8(22-7)10-11(19)18-13(21)17-10;1-11-6-7-3-4-8(13-2)5-9(7)10(11)12/h3-5,10H,2H2,1H3,(H2,14,15,16,20)(H2,17,18,19,21);3-5H,6H2,1-2H3. The highest BCUT2D eigenvalue weighted by Crippen LogP contribution is 2.26. The highest BCUT2D eigenvalue weighted by molar-refractivity contribution is 6.04. The lowest BCUT2D eigenvalue weighted by Crippen LogP contribution is -2.28. The van der Waals surface area contributed by atoms with Crippen LogP contribution in [0.5, 0.6) is 5.75 Å². The normalized spacial score (nSPS) is 16.3. The second-order valence-electron chi connectivity index (χ2n) is 7.79. The van der Waals surface area contributed by atoms with Gasteiger partial charge in [-0.25, -0.2) is 14.6 Å². The van der Waals surface area contributed by atoms with E-state index in [0.717, 1.165) is 16.9 Å². The summed E-state index contributed by atoms with van der Waals surface area (Å²) in [6.45, 7) is 3.01. The van der Waals surface area contributed by atoms with Crippen molar-refractivity contribution in [3.8, 4) is 5.75 Å². The SMILES string of the molecule is CCNC(=O)Nc1ccc2oc(C3NC(=O)NC3=O)cc2n1.COc1ccc2c(c1)C(=O)N(C)C2. The largest absolute Gasteiger partial charge is 0.497 e. The predicted molar refractivity (Wildman–Crippen MR) is 125 cm³/mol. The van der Waals surface area contributed by atoms with E-state index in [4.69, 9.17) is 9.15 Å². The average Bonchev–Trinajstić information content (AvgIpc) is 3.48. The van der Waals surface area contributed by atoms with Crippen LogP contribution in [0.25, 0.3) is 11.1 Å². The van der Waals surface area contributed by atoms with E-state index in [-0.39, 0.29) is 17.7 Å². The highest BCUT2D eigenvalue weighted by atomic mass is 16.5.